The van der Waals surface area contributed by atoms with Crippen molar-refractivity contribution in [2.24, 2.45) is 5.92 Å². The van der Waals surface area contributed by atoms with Gasteiger partial charge in [-0.25, -0.2) is 0 Å². The van der Waals surface area contributed by atoms with E-state index in [2.05, 4.69) is 19.2 Å². The van der Waals surface area contributed by atoms with E-state index in [1.807, 2.05) is 49.4 Å². The standard InChI is InChI=1S/C24H30N2O3/c1-16(2)21-10-5-7-17(3)23(21)25-24(28)19-14-22(27)26(15-19)12-11-18-8-6-9-20(13-18)29-4/h5-10,13,16,19H,11-12,14-15H2,1-4H3,(H,25,28). The molecule has 0 saturated carbocycles. The third-order valence-corrected chi connectivity index (χ3v) is 5.57. The first-order chi connectivity index (χ1) is 13.9. The fraction of sp³-hybridized carbons (Fsp3) is 0.417. The molecule has 1 aliphatic rings. The quantitative estimate of drug-likeness (QED) is 0.767. The lowest BCUT2D eigenvalue weighted by atomic mass is 9.97. The molecule has 1 N–H and O–H groups in total. The summed E-state index contributed by atoms with van der Waals surface area (Å²) in [4.78, 5) is 27.1. The lowest BCUT2D eigenvalue weighted by Crippen LogP contribution is -2.30. The first-order valence-corrected chi connectivity index (χ1v) is 10.2. The van der Waals surface area contributed by atoms with Gasteiger partial charge in [0.05, 0.1) is 13.0 Å². The molecular formula is C24H30N2O3. The van der Waals surface area contributed by atoms with E-state index >= 15 is 0 Å². The third kappa shape index (κ3) is 4.97. The Labute approximate surface area is 173 Å². The Morgan fingerprint density at radius 2 is 2.00 bits per heavy atom. The topological polar surface area (TPSA) is 58.6 Å². The number of hydrogen-bond acceptors (Lipinski definition) is 3. The summed E-state index contributed by atoms with van der Waals surface area (Å²) < 4.78 is 5.26. The number of para-hydroxylation sites is 1. The van der Waals surface area contributed by atoms with Crippen LogP contribution in [0.2, 0.25) is 0 Å². The average molecular weight is 395 g/mol. The van der Waals surface area contributed by atoms with Crippen LogP contribution in [0, 0.1) is 12.8 Å². The maximum atomic E-state index is 12.9. The molecule has 1 fully saturated rings. The van der Waals surface area contributed by atoms with Gasteiger partial charge in [-0.1, -0.05) is 44.2 Å². The van der Waals surface area contributed by atoms with Crippen molar-refractivity contribution in [2.45, 2.75) is 39.5 Å². The molecule has 154 valence electrons. The molecule has 0 bridgehead atoms. The number of ether oxygens (including phenoxy) is 1. The Morgan fingerprint density at radius 1 is 1.24 bits per heavy atom. The molecule has 2 aromatic rings. The maximum absolute atomic E-state index is 12.9. The number of hydrogen-bond donors (Lipinski definition) is 1. The van der Waals surface area contributed by atoms with E-state index in [0.717, 1.165) is 34.5 Å². The van der Waals surface area contributed by atoms with E-state index in [9.17, 15) is 9.59 Å². The van der Waals surface area contributed by atoms with Crippen molar-refractivity contribution in [3.05, 3.63) is 59.2 Å². The monoisotopic (exact) mass is 394 g/mol. The molecule has 2 amide bonds. The molecule has 0 aliphatic carbocycles. The zero-order chi connectivity index (χ0) is 21.0. The predicted octanol–water partition coefficient (Wildman–Crippen LogP) is 4.16. The minimum absolute atomic E-state index is 0.0434. The minimum Gasteiger partial charge on any atom is -0.497 e. The number of methoxy groups -OCH3 is 1. The highest BCUT2D eigenvalue weighted by molar-refractivity contribution is 5.98. The molecule has 0 radical (unpaired) electrons. The summed E-state index contributed by atoms with van der Waals surface area (Å²) >= 11 is 0. The highest BCUT2D eigenvalue weighted by Crippen LogP contribution is 2.29. The Morgan fingerprint density at radius 3 is 2.72 bits per heavy atom. The number of benzene rings is 2. The number of anilines is 1. The molecule has 1 atom stereocenters. The van der Waals surface area contributed by atoms with Crippen molar-refractivity contribution in [2.75, 3.05) is 25.5 Å². The van der Waals surface area contributed by atoms with Crippen LogP contribution in [0.25, 0.3) is 0 Å². The molecule has 1 unspecified atom stereocenters. The smallest absolute Gasteiger partial charge is 0.229 e. The van der Waals surface area contributed by atoms with Gasteiger partial charge >= 0.3 is 0 Å². The van der Waals surface area contributed by atoms with E-state index < -0.39 is 0 Å². The predicted molar refractivity (Wildman–Crippen MR) is 115 cm³/mol. The number of nitrogens with zero attached hydrogens (tertiary/aromatic N) is 1. The van der Waals surface area contributed by atoms with Crippen molar-refractivity contribution >= 4 is 17.5 Å². The van der Waals surface area contributed by atoms with Gasteiger partial charge < -0.3 is 15.0 Å². The summed E-state index contributed by atoms with van der Waals surface area (Å²) in [6.45, 7) is 7.31. The van der Waals surface area contributed by atoms with Crippen LogP contribution in [0.15, 0.2) is 42.5 Å². The second-order valence-electron chi connectivity index (χ2n) is 8.03. The number of amides is 2. The van der Waals surface area contributed by atoms with E-state index in [-0.39, 0.29) is 24.2 Å². The second-order valence-corrected chi connectivity index (χ2v) is 8.03. The fourth-order valence-electron chi connectivity index (χ4n) is 3.82. The molecule has 2 aromatic carbocycles. The molecule has 1 heterocycles. The Bertz CT molecular complexity index is 891. The van der Waals surface area contributed by atoms with Gasteiger partial charge in [-0.3, -0.25) is 9.59 Å². The number of carbonyl (C=O) groups excluding carboxylic acids is 2. The van der Waals surface area contributed by atoms with Gasteiger partial charge in [-0.15, -0.1) is 0 Å². The maximum Gasteiger partial charge on any atom is 0.229 e. The highest BCUT2D eigenvalue weighted by Gasteiger charge is 2.34. The van der Waals surface area contributed by atoms with Crippen LogP contribution in [0.5, 0.6) is 5.75 Å². The lowest BCUT2D eigenvalue weighted by molar-refractivity contribution is -0.128. The molecule has 1 aliphatic heterocycles. The summed E-state index contributed by atoms with van der Waals surface area (Å²) in [5.41, 5.74) is 4.17. The molecule has 0 spiro atoms. The van der Waals surface area contributed by atoms with E-state index in [0.29, 0.717) is 19.0 Å². The molecule has 5 heteroatoms. The number of rotatable bonds is 7. The van der Waals surface area contributed by atoms with Crippen molar-refractivity contribution in [3.63, 3.8) is 0 Å². The SMILES string of the molecule is COc1cccc(CCN2CC(C(=O)Nc3c(C)cccc3C(C)C)CC2=O)c1. The largest absolute Gasteiger partial charge is 0.497 e. The van der Waals surface area contributed by atoms with Crippen molar-refractivity contribution in [1.29, 1.82) is 0 Å². The third-order valence-electron chi connectivity index (χ3n) is 5.57. The summed E-state index contributed by atoms with van der Waals surface area (Å²) in [5.74, 6) is 0.786. The summed E-state index contributed by atoms with van der Waals surface area (Å²) in [7, 11) is 1.64. The van der Waals surface area contributed by atoms with Crippen LogP contribution < -0.4 is 10.1 Å². The highest BCUT2D eigenvalue weighted by atomic mass is 16.5. The molecule has 29 heavy (non-hydrogen) atoms. The van der Waals surface area contributed by atoms with Gasteiger partial charge in [-0.05, 0) is 48.1 Å². The average Bonchev–Trinajstić information content (AvgIpc) is 3.08. The van der Waals surface area contributed by atoms with Crippen LogP contribution >= 0.6 is 0 Å². The van der Waals surface area contributed by atoms with Gasteiger partial charge in [-0.2, -0.15) is 0 Å². The Balaban J connectivity index is 1.62. The zero-order valence-electron chi connectivity index (χ0n) is 17.7. The van der Waals surface area contributed by atoms with Gasteiger partial charge in [0.25, 0.3) is 0 Å². The van der Waals surface area contributed by atoms with Gasteiger partial charge in [0, 0.05) is 25.2 Å². The van der Waals surface area contributed by atoms with Crippen molar-refractivity contribution < 1.29 is 14.3 Å². The first-order valence-electron chi connectivity index (χ1n) is 10.2. The zero-order valence-corrected chi connectivity index (χ0v) is 17.7. The summed E-state index contributed by atoms with van der Waals surface area (Å²) in [6.07, 6.45) is 1.01. The van der Waals surface area contributed by atoms with Crippen LogP contribution in [-0.4, -0.2) is 36.9 Å². The van der Waals surface area contributed by atoms with Crippen LogP contribution in [0.4, 0.5) is 5.69 Å². The molecule has 1 saturated heterocycles. The van der Waals surface area contributed by atoms with Gasteiger partial charge in [0.1, 0.15) is 5.75 Å². The first kappa shape index (κ1) is 20.9. The van der Waals surface area contributed by atoms with Gasteiger partial charge in [0.15, 0.2) is 0 Å². The number of aryl methyl sites for hydroxylation is 1. The normalized spacial score (nSPS) is 16.4. The molecule has 3 rings (SSSR count). The number of carbonyl (C=O) groups is 2. The Kier molecular flexibility index (Phi) is 6.57. The minimum atomic E-state index is -0.313. The number of likely N-dealkylation sites (tertiary alicyclic amines) is 1. The number of nitrogens with one attached hydrogen (secondary N) is 1. The molecular weight excluding hydrogens is 364 g/mol. The van der Waals surface area contributed by atoms with Crippen molar-refractivity contribution in [3.8, 4) is 5.75 Å². The van der Waals surface area contributed by atoms with Crippen LogP contribution in [0.3, 0.4) is 0 Å². The van der Waals surface area contributed by atoms with E-state index in [1.54, 1.807) is 12.0 Å². The van der Waals surface area contributed by atoms with Gasteiger partial charge in [0.2, 0.25) is 11.8 Å². The summed E-state index contributed by atoms with van der Waals surface area (Å²) in [6, 6.07) is 13.9. The van der Waals surface area contributed by atoms with Crippen LogP contribution in [-0.2, 0) is 16.0 Å². The Hall–Kier alpha value is -2.82. The van der Waals surface area contributed by atoms with Crippen molar-refractivity contribution in [1.82, 2.24) is 4.90 Å². The fourth-order valence-corrected chi connectivity index (χ4v) is 3.82. The van der Waals surface area contributed by atoms with E-state index in [4.69, 9.17) is 4.74 Å². The lowest BCUT2D eigenvalue weighted by Gasteiger charge is -2.19. The van der Waals surface area contributed by atoms with E-state index in [1.165, 1.54) is 0 Å². The molecule has 0 aromatic heterocycles. The van der Waals surface area contributed by atoms with Crippen LogP contribution in [0.1, 0.15) is 42.9 Å². The molecule has 5 nitrogen and oxygen atoms in total. The summed E-state index contributed by atoms with van der Waals surface area (Å²) in [5, 5.41) is 3.10. The second kappa shape index (κ2) is 9.12.